The molecule has 1 aromatic heterocycles. The average molecular weight is 343 g/mol. The van der Waals surface area contributed by atoms with Crippen LogP contribution in [0.4, 0.5) is 11.5 Å². The SMILES string of the molecule is C=CCNc1ccc(C(=O)Nc2cc(OC)c(OC)c(OC)c2)cn1. The second-order valence-electron chi connectivity index (χ2n) is 4.97. The van der Waals surface area contributed by atoms with E-state index in [2.05, 4.69) is 22.2 Å². The highest BCUT2D eigenvalue weighted by molar-refractivity contribution is 6.04. The number of hydrogen-bond donors (Lipinski definition) is 2. The zero-order valence-corrected chi connectivity index (χ0v) is 14.5. The molecule has 25 heavy (non-hydrogen) atoms. The van der Waals surface area contributed by atoms with Crippen molar-refractivity contribution >= 4 is 17.4 Å². The largest absolute Gasteiger partial charge is 0.493 e. The fourth-order valence-electron chi connectivity index (χ4n) is 2.17. The van der Waals surface area contributed by atoms with Gasteiger partial charge in [-0.2, -0.15) is 0 Å². The number of anilines is 2. The molecule has 0 spiro atoms. The van der Waals surface area contributed by atoms with Gasteiger partial charge in [-0.15, -0.1) is 6.58 Å². The number of nitrogens with zero attached hydrogens (tertiary/aromatic N) is 1. The van der Waals surface area contributed by atoms with Crippen molar-refractivity contribution in [2.75, 3.05) is 38.5 Å². The summed E-state index contributed by atoms with van der Waals surface area (Å²) >= 11 is 0. The first-order valence-electron chi connectivity index (χ1n) is 7.55. The van der Waals surface area contributed by atoms with E-state index in [4.69, 9.17) is 14.2 Å². The number of carbonyl (C=O) groups excluding carboxylic acids is 1. The molecule has 0 fully saturated rings. The molecule has 7 nitrogen and oxygen atoms in total. The lowest BCUT2D eigenvalue weighted by molar-refractivity contribution is 0.102. The Hall–Kier alpha value is -3.22. The van der Waals surface area contributed by atoms with Crippen molar-refractivity contribution in [3.05, 3.63) is 48.7 Å². The van der Waals surface area contributed by atoms with Crippen LogP contribution in [0, 0.1) is 0 Å². The summed E-state index contributed by atoms with van der Waals surface area (Å²) in [6.07, 6.45) is 3.23. The molecule has 2 N–H and O–H groups in total. The van der Waals surface area contributed by atoms with E-state index >= 15 is 0 Å². The number of benzene rings is 1. The van der Waals surface area contributed by atoms with Crippen molar-refractivity contribution in [3.63, 3.8) is 0 Å². The van der Waals surface area contributed by atoms with Crippen LogP contribution in [0.5, 0.6) is 17.2 Å². The topological polar surface area (TPSA) is 81.7 Å². The summed E-state index contributed by atoms with van der Waals surface area (Å²) in [5, 5.41) is 5.84. The molecule has 2 rings (SSSR count). The summed E-state index contributed by atoms with van der Waals surface area (Å²) in [6.45, 7) is 4.23. The second kappa shape index (κ2) is 8.58. The standard InChI is InChI=1S/C18H21N3O4/c1-5-8-19-16-7-6-12(11-20-16)18(22)21-13-9-14(23-2)17(25-4)15(10-13)24-3/h5-7,9-11H,1,8H2,2-4H3,(H,19,20)(H,21,22). The van der Waals surface area contributed by atoms with Gasteiger partial charge in [-0.05, 0) is 12.1 Å². The van der Waals surface area contributed by atoms with E-state index in [1.807, 2.05) is 0 Å². The summed E-state index contributed by atoms with van der Waals surface area (Å²) < 4.78 is 15.8. The van der Waals surface area contributed by atoms with Gasteiger partial charge in [0.15, 0.2) is 11.5 Å². The number of hydrogen-bond acceptors (Lipinski definition) is 6. The number of ether oxygens (including phenoxy) is 3. The summed E-state index contributed by atoms with van der Waals surface area (Å²) in [4.78, 5) is 16.6. The number of carbonyl (C=O) groups is 1. The van der Waals surface area contributed by atoms with Gasteiger partial charge in [-0.3, -0.25) is 4.79 Å². The minimum Gasteiger partial charge on any atom is -0.493 e. The minimum absolute atomic E-state index is 0.294. The first-order chi connectivity index (χ1) is 12.1. The highest BCUT2D eigenvalue weighted by Crippen LogP contribution is 2.39. The van der Waals surface area contributed by atoms with Crippen LogP contribution in [0.15, 0.2) is 43.1 Å². The number of aromatic nitrogens is 1. The van der Waals surface area contributed by atoms with Crippen LogP contribution >= 0.6 is 0 Å². The van der Waals surface area contributed by atoms with Gasteiger partial charge in [0.1, 0.15) is 5.82 Å². The third-order valence-corrected chi connectivity index (χ3v) is 3.38. The van der Waals surface area contributed by atoms with Gasteiger partial charge in [0.05, 0.1) is 26.9 Å². The molecule has 0 aliphatic heterocycles. The summed E-state index contributed by atoms with van der Waals surface area (Å²) in [5.74, 6) is 1.75. The van der Waals surface area contributed by atoms with Crippen molar-refractivity contribution in [2.45, 2.75) is 0 Å². The summed E-state index contributed by atoms with van der Waals surface area (Å²) in [6, 6.07) is 6.73. The second-order valence-corrected chi connectivity index (χ2v) is 4.97. The number of rotatable bonds is 8. The minimum atomic E-state index is -0.294. The van der Waals surface area contributed by atoms with Crippen LogP contribution in [0.1, 0.15) is 10.4 Å². The predicted molar refractivity (Wildman–Crippen MR) is 97.0 cm³/mol. The van der Waals surface area contributed by atoms with E-state index in [1.54, 1.807) is 30.3 Å². The lowest BCUT2D eigenvalue weighted by Crippen LogP contribution is -2.13. The Kier molecular flexibility index (Phi) is 6.22. The van der Waals surface area contributed by atoms with Gasteiger partial charge < -0.3 is 24.8 Å². The molecule has 1 heterocycles. The normalized spacial score (nSPS) is 9.88. The van der Waals surface area contributed by atoms with Crippen LogP contribution in [0.3, 0.4) is 0 Å². The molecule has 1 amide bonds. The van der Waals surface area contributed by atoms with Crippen LogP contribution in [-0.4, -0.2) is 38.8 Å². The molecule has 0 aliphatic carbocycles. The summed E-state index contributed by atoms with van der Waals surface area (Å²) in [5.41, 5.74) is 0.950. The van der Waals surface area contributed by atoms with Gasteiger partial charge in [0.25, 0.3) is 5.91 Å². The van der Waals surface area contributed by atoms with Crippen molar-refractivity contribution in [3.8, 4) is 17.2 Å². The van der Waals surface area contributed by atoms with Crippen LogP contribution in [0.2, 0.25) is 0 Å². The lowest BCUT2D eigenvalue weighted by atomic mass is 10.2. The molecule has 2 aromatic rings. The van der Waals surface area contributed by atoms with E-state index in [-0.39, 0.29) is 5.91 Å². The van der Waals surface area contributed by atoms with E-state index in [0.717, 1.165) is 0 Å². The molecular formula is C18H21N3O4. The Labute approximate surface area is 146 Å². The van der Waals surface area contributed by atoms with E-state index < -0.39 is 0 Å². The molecule has 7 heteroatoms. The maximum Gasteiger partial charge on any atom is 0.257 e. The van der Waals surface area contributed by atoms with Gasteiger partial charge >= 0.3 is 0 Å². The average Bonchev–Trinajstić information content (AvgIpc) is 2.65. The van der Waals surface area contributed by atoms with E-state index in [1.165, 1.54) is 27.5 Å². The molecule has 0 radical (unpaired) electrons. The third kappa shape index (κ3) is 4.41. The molecule has 0 aliphatic rings. The van der Waals surface area contributed by atoms with Crippen LogP contribution in [-0.2, 0) is 0 Å². The Morgan fingerprint density at radius 2 is 1.84 bits per heavy atom. The van der Waals surface area contributed by atoms with Crippen molar-refractivity contribution in [1.82, 2.24) is 4.98 Å². The monoisotopic (exact) mass is 343 g/mol. The van der Waals surface area contributed by atoms with Gasteiger partial charge in [0.2, 0.25) is 5.75 Å². The highest BCUT2D eigenvalue weighted by Gasteiger charge is 2.15. The Bertz CT molecular complexity index is 719. The molecule has 0 atom stereocenters. The van der Waals surface area contributed by atoms with Gasteiger partial charge in [-0.25, -0.2) is 4.98 Å². The maximum atomic E-state index is 12.4. The fraction of sp³-hybridized carbons (Fsp3) is 0.222. The summed E-state index contributed by atoms with van der Waals surface area (Å²) in [7, 11) is 4.55. The predicted octanol–water partition coefficient (Wildman–Crippen LogP) is 2.96. The first kappa shape index (κ1) is 18.1. The van der Waals surface area contributed by atoms with Crippen LogP contribution in [0.25, 0.3) is 0 Å². The smallest absolute Gasteiger partial charge is 0.257 e. The first-order valence-corrected chi connectivity index (χ1v) is 7.55. The Balaban J connectivity index is 2.18. The molecule has 1 aromatic carbocycles. The molecule has 132 valence electrons. The van der Waals surface area contributed by atoms with Gasteiger partial charge in [0, 0.05) is 30.6 Å². The molecular weight excluding hydrogens is 322 g/mol. The van der Waals surface area contributed by atoms with E-state index in [0.29, 0.717) is 40.9 Å². The van der Waals surface area contributed by atoms with Crippen LogP contribution < -0.4 is 24.8 Å². The van der Waals surface area contributed by atoms with Crippen molar-refractivity contribution in [2.24, 2.45) is 0 Å². The molecule has 0 unspecified atom stereocenters. The molecule has 0 saturated carbocycles. The maximum absolute atomic E-state index is 12.4. The van der Waals surface area contributed by atoms with E-state index in [9.17, 15) is 4.79 Å². The Morgan fingerprint density at radius 1 is 1.16 bits per heavy atom. The fourth-order valence-corrected chi connectivity index (χ4v) is 2.17. The number of pyridine rings is 1. The zero-order valence-electron chi connectivity index (χ0n) is 14.5. The highest BCUT2D eigenvalue weighted by atomic mass is 16.5. The molecule has 0 saturated heterocycles. The number of amides is 1. The Morgan fingerprint density at radius 3 is 2.32 bits per heavy atom. The molecule has 0 bridgehead atoms. The quantitative estimate of drug-likeness (QED) is 0.717. The van der Waals surface area contributed by atoms with Gasteiger partial charge in [-0.1, -0.05) is 6.08 Å². The number of nitrogens with one attached hydrogen (secondary N) is 2. The number of methoxy groups -OCH3 is 3. The zero-order chi connectivity index (χ0) is 18.2. The van der Waals surface area contributed by atoms with Crippen molar-refractivity contribution in [1.29, 1.82) is 0 Å². The van der Waals surface area contributed by atoms with Crippen molar-refractivity contribution < 1.29 is 19.0 Å². The lowest BCUT2D eigenvalue weighted by Gasteiger charge is -2.14. The third-order valence-electron chi connectivity index (χ3n) is 3.38.